The van der Waals surface area contributed by atoms with Gasteiger partial charge < -0.3 is 9.84 Å². The molecule has 2 aliphatic rings. The summed E-state index contributed by atoms with van der Waals surface area (Å²) in [6.45, 7) is 3.69. The molecule has 7 heteroatoms. The van der Waals surface area contributed by atoms with Crippen LogP contribution in [0.5, 0.6) is 0 Å². The summed E-state index contributed by atoms with van der Waals surface area (Å²) < 4.78 is 34.2. The molecule has 0 aromatic rings. The highest BCUT2D eigenvalue weighted by atomic mass is 32.2. The lowest BCUT2D eigenvalue weighted by molar-refractivity contribution is 0.0893. The largest absolute Gasteiger partial charge is 0.396 e. The van der Waals surface area contributed by atoms with Crippen LogP contribution in [0.3, 0.4) is 0 Å². The monoisotopic (exact) mass is 292 g/mol. The molecule has 2 N–H and O–H groups in total. The number of hydrogen-bond donors (Lipinski definition) is 2. The van der Waals surface area contributed by atoms with Gasteiger partial charge in [0, 0.05) is 32.3 Å². The van der Waals surface area contributed by atoms with Crippen molar-refractivity contribution in [2.75, 3.05) is 26.3 Å². The topological polar surface area (TPSA) is 78.9 Å². The number of aliphatic hydroxyl groups is 1. The summed E-state index contributed by atoms with van der Waals surface area (Å²) >= 11 is 0. The average Bonchev–Trinajstić information content (AvgIpc) is 2.92. The molecule has 2 fully saturated rings. The Kier molecular flexibility index (Phi) is 5.19. The van der Waals surface area contributed by atoms with E-state index in [9.17, 15) is 8.42 Å². The summed E-state index contributed by atoms with van der Waals surface area (Å²) in [4.78, 5) is 0. The van der Waals surface area contributed by atoms with Crippen molar-refractivity contribution in [2.24, 2.45) is 5.92 Å². The summed E-state index contributed by atoms with van der Waals surface area (Å²) in [6, 6.07) is -0.192. The molecule has 2 saturated heterocycles. The zero-order chi connectivity index (χ0) is 13.9. The molecule has 2 atom stereocenters. The van der Waals surface area contributed by atoms with E-state index in [0.717, 1.165) is 32.3 Å². The van der Waals surface area contributed by atoms with Crippen molar-refractivity contribution in [3.05, 3.63) is 0 Å². The number of aliphatic hydroxyl groups excluding tert-OH is 1. The third-order valence-corrected chi connectivity index (χ3v) is 5.74. The van der Waals surface area contributed by atoms with Crippen LogP contribution in [0.15, 0.2) is 0 Å². The lowest BCUT2D eigenvalue weighted by atomic mass is 10.00. The number of nitrogens with one attached hydrogen (secondary N) is 1. The Balaban J connectivity index is 1.87. The molecule has 0 bridgehead atoms. The highest BCUT2D eigenvalue weighted by Crippen LogP contribution is 2.20. The van der Waals surface area contributed by atoms with Crippen LogP contribution in [0.4, 0.5) is 0 Å². The van der Waals surface area contributed by atoms with Crippen molar-refractivity contribution in [1.82, 2.24) is 9.03 Å². The summed E-state index contributed by atoms with van der Waals surface area (Å²) in [5.74, 6) is 0.238. The van der Waals surface area contributed by atoms with Crippen molar-refractivity contribution in [3.8, 4) is 0 Å². The summed E-state index contributed by atoms with van der Waals surface area (Å²) in [5, 5.41) is 9.07. The van der Waals surface area contributed by atoms with Crippen LogP contribution in [-0.2, 0) is 14.9 Å². The molecule has 0 aromatic carbocycles. The molecule has 0 saturated carbocycles. The quantitative estimate of drug-likeness (QED) is 0.753. The molecule has 0 aliphatic carbocycles. The highest BCUT2D eigenvalue weighted by Gasteiger charge is 2.31. The first-order valence-corrected chi connectivity index (χ1v) is 8.47. The predicted molar refractivity (Wildman–Crippen MR) is 71.9 cm³/mol. The van der Waals surface area contributed by atoms with E-state index in [1.165, 1.54) is 4.31 Å². The highest BCUT2D eigenvalue weighted by molar-refractivity contribution is 7.87. The second-order valence-electron chi connectivity index (χ2n) is 5.49. The fourth-order valence-electron chi connectivity index (χ4n) is 2.71. The van der Waals surface area contributed by atoms with E-state index >= 15 is 0 Å². The van der Waals surface area contributed by atoms with Gasteiger partial charge in [-0.15, -0.1) is 0 Å². The Hall–Kier alpha value is -0.210. The van der Waals surface area contributed by atoms with E-state index in [4.69, 9.17) is 9.84 Å². The molecule has 0 radical (unpaired) electrons. The fraction of sp³-hybridized carbons (Fsp3) is 1.00. The van der Waals surface area contributed by atoms with E-state index in [2.05, 4.69) is 4.72 Å². The standard InChI is InChI=1S/C12H24N2O4S/c1-10(12-3-2-8-18-12)13-19(16,17)14-6-4-11(9-15)5-7-14/h10-13,15H,2-9H2,1H3. The third-order valence-electron chi connectivity index (χ3n) is 4.03. The van der Waals surface area contributed by atoms with Gasteiger partial charge in [0.05, 0.1) is 6.10 Å². The number of ether oxygens (including phenoxy) is 1. The van der Waals surface area contributed by atoms with Gasteiger partial charge in [0.2, 0.25) is 0 Å². The van der Waals surface area contributed by atoms with Gasteiger partial charge in [-0.2, -0.15) is 17.4 Å². The molecule has 0 aromatic heterocycles. The van der Waals surface area contributed by atoms with Gasteiger partial charge in [-0.05, 0) is 38.5 Å². The van der Waals surface area contributed by atoms with Crippen molar-refractivity contribution >= 4 is 10.2 Å². The Morgan fingerprint density at radius 1 is 1.37 bits per heavy atom. The second-order valence-corrected chi connectivity index (χ2v) is 7.19. The first-order valence-electron chi connectivity index (χ1n) is 7.03. The molecule has 0 spiro atoms. The molecule has 112 valence electrons. The van der Waals surface area contributed by atoms with Crippen molar-refractivity contribution in [1.29, 1.82) is 0 Å². The maximum Gasteiger partial charge on any atom is 0.279 e. The lowest BCUT2D eigenvalue weighted by Crippen LogP contribution is -2.50. The van der Waals surface area contributed by atoms with E-state index < -0.39 is 10.2 Å². The Bertz CT molecular complexity index is 373. The molecular formula is C12H24N2O4S. The molecule has 19 heavy (non-hydrogen) atoms. The summed E-state index contributed by atoms with van der Waals surface area (Å²) in [5.41, 5.74) is 0. The zero-order valence-electron chi connectivity index (χ0n) is 11.4. The van der Waals surface area contributed by atoms with Gasteiger partial charge in [0.15, 0.2) is 0 Å². The zero-order valence-corrected chi connectivity index (χ0v) is 12.2. The third kappa shape index (κ3) is 3.88. The van der Waals surface area contributed by atoms with Crippen LogP contribution >= 0.6 is 0 Å². The molecular weight excluding hydrogens is 268 g/mol. The smallest absolute Gasteiger partial charge is 0.279 e. The SMILES string of the molecule is CC(NS(=O)(=O)N1CCC(CO)CC1)C1CCCO1. The maximum atomic E-state index is 12.2. The first-order chi connectivity index (χ1) is 9.03. The van der Waals surface area contributed by atoms with Crippen LogP contribution in [0, 0.1) is 5.92 Å². The summed E-state index contributed by atoms with van der Waals surface area (Å²) in [7, 11) is -3.43. The molecule has 2 heterocycles. The molecule has 2 aliphatic heterocycles. The van der Waals surface area contributed by atoms with Gasteiger partial charge in [0.25, 0.3) is 10.2 Å². The fourth-order valence-corrected chi connectivity index (χ4v) is 4.18. The van der Waals surface area contributed by atoms with Gasteiger partial charge >= 0.3 is 0 Å². The van der Waals surface area contributed by atoms with E-state index in [1.54, 1.807) is 0 Å². The van der Waals surface area contributed by atoms with Gasteiger partial charge in [-0.25, -0.2) is 0 Å². The van der Waals surface area contributed by atoms with E-state index in [1.807, 2.05) is 6.92 Å². The minimum Gasteiger partial charge on any atom is -0.396 e. The molecule has 6 nitrogen and oxygen atoms in total. The van der Waals surface area contributed by atoms with E-state index in [-0.39, 0.29) is 24.7 Å². The minimum absolute atomic E-state index is 0.00949. The maximum absolute atomic E-state index is 12.2. The van der Waals surface area contributed by atoms with Gasteiger partial charge in [-0.1, -0.05) is 0 Å². The van der Waals surface area contributed by atoms with Crippen molar-refractivity contribution in [3.63, 3.8) is 0 Å². The molecule has 0 amide bonds. The van der Waals surface area contributed by atoms with Crippen LogP contribution in [0.2, 0.25) is 0 Å². The van der Waals surface area contributed by atoms with Crippen LogP contribution < -0.4 is 4.72 Å². The molecule has 2 unspecified atom stereocenters. The van der Waals surface area contributed by atoms with Gasteiger partial charge in [-0.3, -0.25) is 0 Å². The number of rotatable bonds is 5. The number of nitrogens with zero attached hydrogens (tertiary/aromatic N) is 1. The normalized spacial score (nSPS) is 28.6. The van der Waals surface area contributed by atoms with Gasteiger partial charge in [0.1, 0.15) is 0 Å². The Morgan fingerprint density at radius 2 is 2.05 bits per heavy atom. The summed E-state index contributed by atoms with van der Waals surface area (Å²) in [6.07, 6.45) is 3.36. The van der Waals surface area contributed by atoms with Crippen LogP contribution in [0.25, 0.3) is 0 Å². The average molecular weight is 292 g/mol. The second kappa shape index (κ2) is 6.49. The number of hydrogen-bond acceptors (Lipinski definition) is 4. The Morgan fingerprint density at radius 3 is 2.58 bits per heavy atom. The number of piperidine rings is 1. The Labute approximate surface area is 115 Å². The van der Waals surface area contributed by atoms with E-state index in [0.29, 0.717) is 13.1 Å². The predicted octanol–water partition coefficient (Wildman–Crippen LogP) is 0.0926. The van der Waals surface area contributed by atoms with Crippen LogP contribution in [0.1, 0.15) is 32.6 Å². The first kappa shape index (κ1) is 15.2. The van der Waals surface area contributed by atoms with Crippen LogP contribution in [-0.4, -0.2) is 56.3 Å². The minimum atomic E-state index is -3.43. The van der Waals surface area contributed by atoms with Crippen molar-refractivity contribution < 1.29 is 18.3 Å². The van der Waals surface area contributed by atoms with Crippen molar-refractivity contribution in [2.45, 2.75) is 44.8 Å². The lowest BCUT2D eigenvalue weighted by Gasteiger charge is -2.32. The molecule has 2 rings (SSSR count).